The predicted molar refractivity (Wildman–Crippen MR) is 76.5 cm³/mol. The molecule has 0 bridgehead atoms. The monoisotopic (exact) mass is 246 g/mol. The highest BCUT2D eigenvalue weighted by atomic mass is 16.3. The van der Waals surface area contributed by atoms with Gasteiger partial charge in [0.05, 0.1) is 18.2 Å². The summed E-state index contributed by atoms with van der Waals surface area (Å²) < 4.78 is 0. The minimum atomic E-state index is 0.138. The molecule has 3 nitrogen and oxygen atoms in total. The Hall–Kier alpha value is -2.54. The van der Waals surface area contributed by atoms with Crippen LogP contribution < -0.4 is 5.46 Å². The molecule has 90 valence electrons. The lowest BCUT2D eigenvalue weighted by atomic mass is 9.94. The van der Waals surface area contributed by atoms with Crippen molar-refractivity contribution < 1.29 is 5.11 Å². The third-order valence-electron chi connectivity index (χ3n) is 2.62. The van der Waals surface area contributed by atoms with Gasteiger partial charge in [-0.2, -0.15) is 5.26 Å². The van der Waals surface area contributed by atoms with Crippen LogP contribution in [-0.4, -0.2) is 19.2 Å². The third-order valence-corrected chi connectivity index (χ3v) is 2.62. The summed E-state index contributed by atoms with van der Waals surface area (Å²) in [6.07, 6.45) is 1.95. The van der Waals surface area contributed by atoms with Gasteiger partial charge in [0, 0.05) is 11.8 Å². The van der Waals surface area contributed by atoms with Crippen LogP contribution in [0.5, 0.6) is 5.75 Å². The standard InChI is InChI=1S/C15H11BN2O/c16-13-3-6-15(19)12(9-13)10-18-14-4-1-11(2-5-14)7-8-17/h1-6,9-10,19H,7H2. The van der Waals surface area contributed by atoms with Crippen LogP contribution in [0.4, 0.5) is 5.69 Å². The Morgan fingerprint density at radius 3 is 2.63 bits per heavy atom. The first-order valence-electron chi connectivity index (χ1n) is 5.77. The quantitative estimate of drug-likeness (QED) is 0.665. The van der Waals surface area contributed by atoms with Crippen molar-refractivity contribution in [3.8, 4) is 11.8 Å². The topological polar surface area (TPSA) is 56.4 Å². The molecule has 0 unspecified atom stereocenters. The van der Waals surface area contributed by atoms with Gasteiger partial charge in [0.25, 0.3) is 0 Å². The van der Waals surface area contributed by atoms with Crippen LogP contribution in [0, 0.1) is 11.3 Å². The number of benzene rings is 2. The van der Waals surface area contributed by atoms with Gasteiger partial charge in [0.2, 0.25) is 0 Å². The Bertz CT molecular complexity index is 642. The van der Waals surface area contributed by atoms with Crippen molar-refractivity contribution in [3.63, 3.8) is 0 Å². The smallest absolute Gasteiger partial charge is 0.124 e. The number of rotatable bonds is 3. The van der Waals surface area contributed by atoms with Gasteiger partial charge >= 0.3 is 0 Å². The number of aliphatic imine (C=N–C) groups is 1. The molecule has 0 fully saturated rings. The summed E-state index contributed by atoms with van der Waals surface area (Å²) in [6, 6.07) is 14.3. The molecule has 0 aromatic heterocycles. The van der Waals surface area contributed by atoms with Gasteiger partial charge in [-0.05, 0) is 23.8 Å². The van der Waals surface area contributed by atoms with Crippen molar-refractivity contribution in [1.82, 2.24) is 0 Å². The molecular weight excluding hydrogens is 235 g/mol. The fourth-order valence-electron chi connectivity index (χ4n) is 1.61. The van der Waals surface area contributed by atoms with Crippen molar-refractivity contribution in [3.05, 3.63) is 53.6 Å². The maximum atomic E-state index is 9.64. The summed E-state index contributed by atoms with van der Waals surface area (Å²) in [4.78, 5) is 4.26. The highest BCUT2D eigenvalue weighted by Gasteiger charge is 1.98. The minimum Gasteiger partial charge on any atom is -0.507 e. The van der Waals surface area contributed by atoms with Crippen LogP contribution in [0.15, 0.2) is 47.5 Å². The molecule has 0 aliphatic heterocycles. The van der Waals surface area contributed by atoms with E-state index in [9.17, 15) is 5.11 Å². The zero-order valence-electron chi connectivity index (χ0n) is 10.2. The molecule has 19 heavy (non-hydrogen) atoms. The van der Waals surface area contributed by atoms with E-state index in [-0.39, 0.29) is 5.75 Å². The van der Waals surface area contributed by atoms with Crippen LogP contribution in [0.1, 0.15) is 11.1 Å². The number of nitrogens with zero attached hydrogens (tertiary/aromatic N) is 2. The Morgan fingerprint density at radius 1 is 1.21 bits per heavy atom. The number of nitriles is 1. The first-order valence-corrected chi connectivity index (χ1v) is 5.77. The molecule has 1 N–H and O–H groups in total. The summed E-state index contributed by atoms with van der Waals surface area (Å²) in [7, 11) is 5.65. The van der Waals surface area contributed by atoms with Crippen molar-refractivity contribution in [1.29, 1.82) is 5.26 Å². The lowest BCUT2D eigenvalue weighted by Crippen LogP contribution is -2.02. The average molecular weight is 246 g/mol. The van der Waals surface area contributed by atoms with Gasteiger partial charge in [0.15, 0.2) is 0 Å². The maximum Gasteiger partial charge on any atom is 0.124 e. The van der Waals surface area contributed by atoms with Crippen molar-refractivity contribution in [2.45, 2.75) is 6.42 Å². The largest absolute Gasteiger partial charge is 0.507 e. The Labute approximate surface area is 113 Å². The summed E-state index contributed by atoms with van der Waals surface area (Å²) in [5.74, 6) is 0.138. The Kier molecular flexibility index (Phi) is 3.99. The van der Waals surface area contributed by atoms with Crippen LogP contribution in [0.3, 0.4) is 0 Å². The second kappa shape index (κ2) is 5.88. The molecule has 0 saturated carbocycles. The molecule has 0 spiro atoms. The van der Waals surface area contributed by atoms with Crippen molar-refractivity contribution >= 4 is 25.2 Å². The minimum absolute atomic E-state index is 0.138. The number of phenolic OH excluding ortho intramolecular Hbond substituents is 1. The van der Waals surface area contributed by atoms with Gasteiger partial charge in [0.1, 0.15) is 13.6 Å². The normalized spacial score (nSPS) is 10.5. The molecule has 0 saturated heterocycles. The zero-order chi connectivity index (χ0) is 13.7. The van der Waals surface area contributed by atoms with Crippen LogP contribution in [-0.2, 0) is 6.42 Å². The maximum absolute atomic E-state index is 9.64. The van der Waals surface area contributed by atoms with E-state index in [4.69, 9.17) is 13.1 Å². The second-order valence-corrected chi connectivity index (χ2v) is 4.08. The number of phenols is 1. The Balaban J connectivity index is 2.18. The van der Waals surface area contributed by atoms with Crippen molar-refractivity contribution in [2.24, 2.45) is 4.99 Å². The highest BCUT2D eigenvalue weighted by Crippen LogP contribution is 2.16. The second-order valence-electron chi connectivity index (χ2n) is 4.08. The number of hydrogen-bond donors (Lipinski definition) is 1. The lowest BCUT2D eigenvalue weighted by Gasteiger charge is -2.00. The van der Waals surface area contributed by atoms with E-state index >= 15 is 0 Å². The first-order chi connectivity index (χ1) is 9.19. The van der Waals surface area contributed by atoms with E-state index in [0.29, 0.717) is 17.4 Å². The molecule has 2 rings (SSSR count). The van der Waals surface area contributed by atoms with E-state index in [1.54, 1.807) is 18.3 Å². The molecule has 0 amide bonds. The molecule has 2 aromatic rings. The van der Waals surface area contributed by atoms with Gasteiger partial charge in [-0.15, -0.1) is 0 Å². The highest BCUT2D eigenvalue weighted by molar-refractivity contribution is 6.32. The van der Waals surface area contributed by atoms with E-state index < -0.39 is 0 Å². The molecular formula is C15H11BN2O. The third kappa shape index (κ3) is 3.46. The average Bonchev–Trinajstić information content (AvgIpc) is 2.42. The van der Waals surface area contributed by atoms with Crippen LogP contribution >= 0.6 is 0 Å². The molecule has 2 aromatic carbocycles. The van der Waals surface area contributed by atoms with E-state index in [0.717, 1.165) is 11.3 Å². The molecule has 4 heteroatoms. The number of aromatic hydroxyl groups is 1. The molecule has 0 aliphatic rings. The van der Waals surface area contributed by atoms with Crippen molar-refractivity contribution in [2.75, 3.05) is 0 Å². The number of hydrogen-bond acceptors (Lipinski definition) is 3. The van der Waals surface area contributed by atoms with E-state index in [1.165, 1.54) is 6.07 Å². The van der Waals surface area contributed by atoms with Crippen LogP contribution in [0.2, 0.25) is 0 Å². The fraction of sp³-hybridized carbons (Fsp3) is 0.0667. The molecule has 2 radical (unpaired) electrons. The van der Waals surface area contributed by atoms with Crippen LogP contribution in [0.25, 0.3) is 0 Å². The summed E-state index contributed by atoms with van der Waals surface area (Å²) in [6.45, 7) is 0. The van der Waals surface area contributed by atoms with Gasteiger partial charge in [-0.3, -0.25) is 4.99 Å². The zero-order valence-corrected chi connectivity index (χ0v) is 10.2. The predicted octanol–water partition coefficient (Wildman–Crippen LogP) is 2.00. The fourth-order valence-corrected chi connectivity index (χ4v) is 1.61. The molecule has 0 heterocycles. The SMILES string of the molecule is [B]c1ccc(O)c(C=Nc2ccc(CC#N)cc2)c1. The molecule has 0 atom stereocenters. The summed E-state index contributed by atoms with van der Waals surface area (Å²) in [5, 5.41) is 18.2. The van der Waals surface area contributed by atoms with Gasteiger partial charge in [-0.25, -0.2) is 0 Å². The summed E-state index contributed by atoms with van der Waals surface area (Å²) in [5.41, 5.74) is 2.85. The lowest BCUT2D eigenvalue weighted by molar-refractivity contribution is 0.474. The van der Waals surface area contributed by atoms with Gasteiger partial charge in [-0.1, -0.05) is 29.7 Å². The van der Waals surface area contributed by atoms with E-state index in [1.807, 2.05) is 24.3 Å². The summed E-state index contributed by atoms with van der Waals surface area (Å²) >= 11 is 0. The van der Waals surface area contributed by atoms with Gasteiger partial charge < -0.3 is 5.11 Å². The first kappa shape index (κ1) is 12.9. The molecule has 0 aliphatic carbocycles. The van der Waals surface area contributed by atoms with E-state index in [2.05, 4.69) is 11.1 Å². The Morgan fingerprint density at radius 2 is 1.95 bits per heavy atom.